The van der Waals surface area contributed by atoms with Crippen molar-refractivity contribution in [3.05, 3.63) is 267 Å². The predicted octanol–water partition coefficient (Wildman–Crippen LogP) is 17.6. The van der Waals surface area contributed by atoms with Gasteiger partial charge in [-0.1, -0.05) is 188 Å². The van der Waals surface area contributed by atoms with Gasteiger partial charge in [-0.15, -0.1) is 0 Å². The Morgan fingerprint density at radius 3 is 0.812 bits per heavy atom. The third kappa shape index (κ3) is 7.38. The quantitative estimate of drug-likeness (QED) is 0.127. The van der Waals surface area contributed by atoms with E-state index in [1.165, 1.54) is 66.1 Å². The van der Waals surface area contributed by atoms with Crippen LogP contribution in [0.3, 0.4) is 0 Å². The van der Waals surface area contributed by atoms with Gasteiger partial charge in [-0.25, -0.2) is 0 Å². The summed E-state index contributed by atoms with van der Waals surface area (Å²) in [5, 5.41) is 5.01. The number of hydrogen-bond donors (Lipinski definition) is 0. The van der Waals surface area contributed by atoms with Crippen molar-refractivity contribution in [3.8, 4) is 44.5 Å². The molecule has 2 heteroatoms. The summed E-state index contributed by atoms with van der Waals surface area (Å²) in [6, 6.07) is 96.0. The Kier molecular flexibility index (Phi) is 10.3. The molecule has 0 heterocycles. The van der Waals surface area contributed by atoms with Gasteiger partial charge in [0, 0.05) is 34.1 Å². The zero-order chi connectivity index (χ0) is 42.7. The lowest BCUT2D eigenvalue weighted by Crippen LogP contribution is -2.09. The lowest BCUT2D eigenvalue weighted by atomic mass is 9.85. The number of para-hydroxylation sites is 3. The fourth-order valence-corrected chi connectivity index (χ4v) is 9.22. The summed E-state index contributed by atoms with van der Waals surface area (Å²) in [6.07, 6.45) is 0. The van der Waals surface area contributed by atoms with Gasteiger partial charge in [0.05, 0.1) is 0 Å². The van der Waals surface area contributed by atoms with E-state index < -0.39 is 0 Å². The van der Waals surface area contributed by atoms with Gasteiger partial charge in [-0.3, -0.25) is 0 Å². The summed E-state index contributed by atoms with van der Waals surface area (Å²) < 4.78 is 0. The van der Waals surface area contributed by atoms with Crippen molar-refractivity contribution < 1.29 is 0 Å². The first-order chi connectivity index (χ1) is 31.8. The molecule has 0 bridgehead atoms. The number of rotatable bonds is 10. The molecule has 11 rings (SSSR count). The highest BCUT2D eigenvalue weighted by Crippen LogP contribution is 2.45. The number of nitrogens with zero attached hydrogens (tertiary/aromatic N) is 2. The molecule has 0 N–H and O–H groups in total. The second-order valence-electron chi connectivity index (χ2n) is 16.1. The summed E-state index contributed by atoms with van der Waals surface area (Å²) in [5.74, 6) is 0. The van der Waals surface area contributed by atoms with Crippen LogP contribution in [0, 0.1) is 0 Å². The first kappa shape index (κ1) is 38.5. The molecule has 0 saturated carbocycles. The minimum absolute atomic E-state index is 1.09. The smallest absolute Gasteiger partial charge is 0.0462 e. The summed E-state index contributed by atoms with van der Waals surface area (Å²) in [4.78, 5) is 4.63. The van der Waals surface area contributed by atoms with E-state index in [0.717, 1.165) is 34.1 Å². The van der Waals surface area contributed by atoms with Gasteiger partial charge in [0.1, 0.15) is 0 Å². The van der Waals surface area contributed by atoms with Crippen molar-refractivity contribution in [2.45, 2.75) is 0 Å². The summed E-state index contributed by atoms with van der Waals surface area (Å²) in [5.41, 5.74) is 16.3. The Morgan fingerprint density at radius 2 is 0.438 bits per heavy atom. The van der Waals surface area contributed by atoms with Crippen LogP contribution in [0.25, 0.3) is 66.1 Å². The largest absolute Gasteiger partial charge is 0.311 e. The maximum absolute atomic E-state index is 2.40. The van der Waals surface area contributed by atoms with Crippen LogP contribution < -0.4 is 9.80 Å². The third-order valence-corrected chi connectivity index (χ3v) is 12.2. The first-order valence-electron chi connectivity index (χ1n) is 21.9. The molecule has 11 aromatic carbocycles. The molecule has 2 nitrogen and oxygen atoms in total. The zero-order valence-corrected chi connectivity index (χ0v) is 35.3. The molecule has 64 heavy (non-hydrogen) atoms. The molecule has 11 aromatic rings. The summed E-state index contributed by atoms with van der Waals surface area (Å²) >= 11 is 0. The molecular weight excluding hydrogens is 773 g/mol. The van der Waals surface area contributed by atoms with Gasteiger partial charge in [-0.05, 0) is 145 Å². The Hall–Kier alpha value is -8.46. The number of fused-ring (bicyclic) bond motifs is 2. The molecular formula is C62H44N2. The van der Waals surface area contributed by atoms with Crippen molar-refractivity contribution in [3.63, 3.8) is 0 Å². The lowest BCUT2D eigenvalue weighted by molar-refractivity contribution is 1.28. The Morgan fingerprint density at radius 1 is 0.172 bits per heavy atom. The molecule has 302 valence electrons. The minimum atomic E-state index is 1.09. The maximum Gasteiger partial charge on any atom is 0.0462 e. The average Bonchev–Trinajstić information content (AvgIpc) is 3.38. The molecule has 0 spiro atoms. The molecule has 0 fully saturated rings. The average molecular weight is 817 g/mol. The second-order valence-corrected chi connectivity index (χ2v) is 16.1. The van der Waals surface area contributed by atoms with Crippen molar-refractivity contribution in [2.75, 3.05) is 9.80 Å². The highest BCUT2D eigenvalue weighted by molar-refractivity contribution is 6.22. The van der Waals surface area contributed by atoms with E-state index in [9.17, 15) is 0 Å². The van der Waals surface area contributed by atoms with Crippen molar-refractivity contribution in [1.29, 1.82) is 0 Å². The summed E-state index contributed by atoms with van der Waals surface area (Å²) in [7, 11) is 0. The van der Waals surface area contributed by atoms with E-state index in [-0.39, 0.29) is 0 Å². The van der Waals surface area contributed by atoms with Gasteiger partial charge in [-0.2, -0.15) is 0 Å². The topological polar surface area (TPSA) is 6.48 Å². The van der Waals surface area contributed by atoms with Crippen molar-refractivity contribution in [1.82, 2.24) is 0 Å². The predicted molar refractivity (Wildman–Crippen MR) is 273 cm³/mol. The molecule has 0 amide bonds. The van der Waals surface area contributed by atoms with Gasteiger partial charge >= 0.3 is 0 Å². The molecule has 0 atom stereocenters. The van der Waals surface area contributed by atoms with E-state index in [4.69, 9.17) is 0 Å². The first-order valence-corrected chi connectivity index (χ1v) is 21.9. The van der Waals surface area contributed by atoms with Crippen molar-refractivity contribution in [2.24, 2.45) is 0 Å². The van der Waals surface area contributed by atoms with Gasteiger partial charge in [0.25, 0.3) is 0 Å². The van der Waals surface area contributed by atoms with Crippen LogP contribution in [0.5, 0.6) is 0 Å². The molecule has 0 radical (unpaired) electrons. The van der Waals surface area contributed by atoms with E-state index in [2.05, 4.69) is 277 Å². The van der Waals surface area contributed by atoms with Crippen molar-refractivity contribution >= 4 is 55.7 Å². The normalized spacial score (nSPS) is 11.1. The molecule has 0 saturated heterocycles. The van der Waals surface area contributed by atoms with Gasteiger partial charge in [0.2, 0.25) is 0 Å². The third-order valence-electron chi connectivity index (χ3n) is 12.2. The number of benzene rings is 11. The Bertz CT molecular complexity index is 3280. The monoisotopic (exact) mass is 816 g/mol. The molecule has 0 aliphatic heterocycles. The molecule has 0 unspecified atom stereocenters. The van der Waals surface area contributed by atoms with Gasteiger partial charge in [0.15, 0.2) is 0 Å². The highest BCUT2D eigenvalue weighted by atomic mass is 15.1. The second kappa shape index (κ2) is 17.1. The summed E-state index contributed by atoms with van der Waals surface area (Å²) in [6.45, 7) is 0. The van der Waals surface area contributed by atoms with E-state index in [0.29, 0.717) is 0 Å². The Balaban J connectivity index is 0.940. The lowest BCUT2D eigenvalue weighted by Gasteiger charge is -2.26. The highest BCUT2D eigenvalue weighted by Gasteiger charge is 2.19. The van der Waals surface area contributed by atoms with Crippen LogP contribution in [-0.2, 0) is 0 Å². The standard InChI is InChI=1S/C62H44N2/c1-6-18-48(19-7-1)61-57-28-16-17-29-58(57)62(49-20-8-2-9-21-49)60-44-50(36-43-59(60)61)47-34-41-56(42-35-47)64(53-26-14-5-15-27-53)55-39-32-46(33-40-55)45-30-37-54(38-31-45)63(51-22-10-3-11-23-51)52-24-12-4-13-25-52/h1-44H. The van der Waals surface area contributed by atoms with Crippen LogP contribution in [0.15, 0.2) is 267 Å². The van der Waals surface area contributed by atoms with Crippen LogP contribution in [0.2, 0.25) is 0 Å². The SMILES string of the molecule is c1ccc(-c2c3ccccc3c(-c3ccccc3)c3cc(-c4ccc(N(c5ccccc5)c5ccc(-c6ccc(N(c7ccccc7)c7ccccc7)cc6)cc5)cc4)ccc23)cc1. The van der Waals surface area contributed by atoms with Crippen LogP contribution in [0.4, 0.5) is 34.1 Å². The van der Waals surface area contributed by atoms with E-state index >= 15 is 0 Å². The van der Waals surface area contributed by atoms with Crippen LogP contribution in [0.1, 0.15) is 0 Å². The number of hydrogen-bond acceptors (Lipinski definition) is 2. The molecule has 0 aliphatic rings. The van der Waals surface area contributed by atoms with Crippen LogP contribution >= 0.6 is 0 Å². The van der Waals surface area contributed by atoms with Gasteiger partial charge < -0.3 is 9.80 Å². The maximum atomic E-state index is 2.40. The number of anilines is 6. The fraction of sp³-hybridized carbons (Fsp3) is 0. The fourth-order valence-electron chi connectivity index (χ4n) is 9.22. The minimum Gasteiger partial charge on any atom is -0.311 e. The van der Waals surface area contributed by atoms with E-state index in [1.54, 1.807) is 0 Å². The van der Waals surface area contributed by atoms with Crippen LogP contribution in [-0.4, -0.2) is 0 Å². The molecule has 0 aromatic heterocycles. The van der Waals surface area contributed by atoms with E-state index in [1.807, 2.05) is 0 Å². The Labute approximate surface area is 375 Å². The zero-order valence-electron chi connectivity index (χ0n) is 35.3. The molecule has 0 aliphatic carbocycles.